The van der Waals surface area contributed by atoms with Gasteiger partial charge in [0.25, 0.3) is 0 Å². The third-order valence-corrected chi connectivity index (χ3v) is 4.31. The molecule has 6 nitrogen and oxygen atoms in total. The van der Waals surface area contributed by atoms with E-state index < -0.39 is 0 Å². The van der Waals surface area contributed by atoms with Gasteiger partial charge in [0.15, 0.2) is 5.82 Å². The molecule has 0 unspecified atom stereocenters. The number of fused-ring (bicyclic) bond motifs is 1. The maximum Gasteiger partial charge on any atom is 0.314 e. The van der Waals surface area contributed by atoms with Crippen molar-refractivity contribution < 1.29 is 4.92 Å². The summed E-state index contributed by atoms with van der Waals surface area (Å²) in [5.41, 5.74) is 1.71. The molecule has 122 valence electrons. The molecule has 0 radical (unpaired) electrons. The molecule has 3 heterocycles. The molecule has 7 heteroatoms. The highest BCUT2D eigenvalue weighted by atomic mass is 35.5. The summed E-state index contributed by atoms with van der Waals surface area (Å²) in [5, 5.41) is 12.1. The van der Waals surface area contributed by atoms with Gasteiger partial charge in [-0.3, -0.25) is 10.1 Å². The van der Waals surface area contributed by atoms with Crippen molar-refractivity contribution >= 4 is 23.1 Å². The molecule has 0 aliphatic carbocycles. The summed E-state index contributed by atoms with van der Waals surface area (Å²) in [6, 6.07) is 3.64. The van der Waals surface area contributed by atoms with E-state index in [4.69, 9.17) is 11.6 Å². The lowest BCUT2D eigenvalue weighted by atomic mass is 9.88. The molecule has 0 amide bonds. The Morgan fingerprint density at radius 3 is 2.65 bits per heavy atom. The second kappa shape index (κ2) is 5.53. The predicted molar refractivity (Wildman–Crippen MR) is 90.1 cm³/mol. The molecule has 0 spiro atoms. The Morgan fingerprint density at radius 2 is 2.09 bits per heavy atom. The first kappa shape index (κ1) is 15.8. The Hall–Kier alpha value is -2.08. The molecule has 0 aromatic carbocycles. The number of hydrogen-bond acceptors (Lipinski definition) is 4. The zero-order chi connectivity index (χ0) is 16.8. The molecule has 0 saturated heterocycles. The highest BCUT2D eigenvalue weighted by molar-refractivity contribution is 6.29. The second-order valence-corrected chi connectivity index (χ2v) is 7.21. The van der Waals surface area contributed by atoms with E-state index in [-0.39, 0.29) is 16.0 Å². The molecular formula is C16H19ClN4O2. The van der Waals surface area contributed by atoms with Crippen molar-refractivity contribution in [2.75, 3.05) is 11.4 Å². The molecule has 0 bridgehead atoms. The van der Waals surface area contributed by atoms with Crippen molar-refractivity contribution in [1.82, 2.24) is 9.55 Å². The molecule has 3 rings (SSSR count). The van der Waals surface area contributed by atoms with Crippen LogP contribution in [-0.4, -0.2) is 21.0 Å². The summed E-state index contributed by atoms with van der Waals surface area (Å²) in [7, 11) is 0. The number of aromatic nitrogens is 2. The Morgan fingerprint density at radius 1 is 1.35 bits per heavy atom. The first-order valence-corrected chi connectivity index (χ1v) is 7.88. The SMILES string of the molecule is CC(C)(C)c1cn2c(c1[N+](=O)[O-])N(Cc1ccc(Cl)nc1)CC2. The normalized spacial score (nSPS) is 14.2. The van der Waals surface area contributed by atoms with Gasteiger partial charge in [-0.05, 0) is 17.0 Å². The summed E-state index contributed by atoms with van der Waals surface area (Å²) >= 11 is 5.81. The third kappa shape index (κ3) is 2.91. The highest BCUT2D eigenvalue weighted by Crippen LogP contribution is 2.43. The molecule has 1 aliphatic rings. The van der Waals surface area contributed by atoms with Crippen LogP contribution >= 0.6 is 11.6 Å². The Labute approximate surface area is 139 Å². The zero-order valence-electron chi connectivity index (χ0n) is 13.4. The minimum atomic E-state index is -0.271. The largest absolute Gasteiger partial charge is 0.346 e. The number of rotatable bonds is 3. The fourth-order valence-electron chi connectivity index (χ4n) is 2.97. The summed E-state index contributed by atoms with van der Waals surface area (Å²) in [4.78, 5) is 17.5. The number of nitro groups is 1. The summed E-state index contributed by atoms with van der Waals surface area (Å²) in [5.74, 6) is 0.690. The van der Waals surface area contributed by atoms with Crippen molar-refractivity contribution in [3.05, 3.63) is 50.9 Å². The minimum absolute atomic E-state index is 0.219. The van der Waals surface area contributed by atoms with Gasteiger partial charge in [-0.1, -0.05) is 38.4 Å². The van der Waals surface area contributed by atoms with E-state index in [0.717, 1.165) is 24.2 Å². The Bertz CT molecular complexity index is 747. The fourth-order valence-corrected chi connectivity index (χ4v) is 3.09. The van der Waals surface area contributed by atoms with Crippen LogP contribution in [0.25, 0.3) is 0 Å². The van der Waals surface area contributed by atoms with Gasteiger partial charge in [-0.25, -0.2) is 4.98 Å². The molecular weight excluding hydrogens is 316 g/mol. The molecule has 0 saturated carbocycles. The smallest absolute Gasteiger partial charge is 0.314 e. The standard InChI is InChI=1S/C16H19ClN4O2/c1-16(2,3)12-10-20-7-6-19(15(20)14(12)21(22)23)9-11-4-5-13(17)18-8-11/h4-5,8,10H,6-7,9H2,1-3H3. The Balaban J connectivity index is 1.99. The van der Waals surface area contributed by atoms with Gasteiger partial charge in [0.05, 0.1) is 10.5 Å². The van der Waals surface area contributed by atoms with E-state index in [1.807, 2.05) is 42.5 Å². The molecule has 23 heavy (non-hydrogen) atoms. The van der Waals surface area contributed by atoms with E-state index in [1.165, 1.54) is 0 Å². The van der Waals surface area contributed by atoms with Gasteiger partial charge in [0, 0.05) is 32.0 Å². The van der Waals surface area contributed by atoms with Crippen LogP contribution in [0.3, 0.4) is 0 Å². The summed E-state index contributed by atoms with van der Waals surface area (Å²) in [6.07, 6.45) is 3.64. The predicted octanol–water partition coefficient (Wildman–Crippen LogP) is 3.76. The summed E-state index contributed by atoms with van der Waals surface area (Å²) in [6.45, 7) is 8.09. The van der Waals surface area contributed by atoms with Crippen molar-refractivity contribution in [3.63, 3.8) is 0 Å². The average molecular weight is 335 g/mol. The second-order valence-electron chi connectivity index (χ2n) is 6.83. The molecule has 0 N–H and O–H groups in total. The highest BCUT2D eigenvalue weighted by Gasteiger charge is 2.37. The number of nitrogens with zero attached hydrogens (tertiary/aromatic N) is 4. The van der Waals surface area contributed by atoms with E-state index in [2.05, 4.69) is 4.98 Å². The first-order chi connectivity index (χ1) is 10.8. The van der Waals surface area contributed by atoms with Crippen LogP contribution in [0.4, 0.5) is 11.5 Å². The van der Waals surface area contributed by atoms with E-state index in [1.54, 1.807) is 12.3 Å². The van der Waals surface area contributed by atoms with Crippen LogP contribution in [0.5, 0.6) is 0 Å². The third-order valence-electron chi connectivity index (χ3n) is 4.09. The van der Waals surface area contributed by atoms with Crippen LogP contribution in [0.15, 0.2) is 24.5 Å². The van der Waals surface area contributed by atoms with E-state index >= 15 is 0 Å². The molecule has 1 aliphatic heterocycles. The molecule has 0 fully saturated rings. The van der Waals surface area contributed by atoms with Crippen molar-refractivity contribution in [1.29, 1.82) is 0 Å². The van der Waals surface area contributed by atoms with Gasteiger partial charge in [0.2, 0.25) is 0 Å². The molecule has 2 aromatic heterocycles. The molecule has 0 atom stereocenters. The fraction of sp³-hybridized carbons (Fsp3) is 0.438. The average Bonchev–Trinajstić information content (AvgIpc) is 3.00. The molecule has 2 aromatic rings. The van der Waals surface area contributed by atoms with Crippen LogP contribution in [0.2, 0.25) is 5.15 Å². The van der Waals surface area contributed by atoms with Gasteiger partial charge in [0.1, 0.15) is 5.15 Å². The lowest BCUT2D eigenvalue weighted by Gasteiger charge is -2.19. The summed E-state index contributed by atoms with van der Waals surface area (Å²) < 4.78 is 1.99. The van der Waals surface area contributed by atoms with Crippen LogP contribution in [0.1, 0.15) is 31.9 Å². The van der Waals surface area contributed by atoms with E-state index in [0.29, 0.717) is 17.5 Å². The number of anilines is 1. The van der Waals surface area contributed by atoms with Gasteiger partial charge >= 0.3 is 5.69 Å². The van der Waals surface area contributed by atoms with Crippen LogP contribution in [0, 0.1) is 10.1 Å². The number of hydrogen-bond donors (Lipinski definition) is 0. The van der Waals surface area contributed by atoms with Gasteiger partial charge in [-0.15, -0.1) is 0 Å². The van der Waals surface area contributed by atoms with Crippen molar-refractivity contribution in [2.24, 2.45) is 0 Å². The van der Waals surface area contributed by atoms with E-state index in [9.17, 15) is 10.1 Å². The lowest BCUT2D eigenvalue weighted by Crippen LogP contribution is -2.21. The monoisotopic (exact) mass is 334 g/mol. The first-order valence-electron chi connectivity index (χ1n) is 7.51. The number of halogens is 1. The zero-order valence-corrected chi connectivity index (χ0v) is 14.2. The van der Waals surface area contributed by atoms with Gasteiger partial charge < -0.3 is 9.47 Å². The topological polar surface area (TPSA) is 64.2 Å². The van der Waals surface area contributed by atoms with Crippen LogP contribution < -0.4 is 4.90 Å². The van der Waals surface area contributed by atoms with Crippen molar-refractivity contribution in [3.8, 4) is 0 Å². The maximum atomic E-state index is 11.7. The Kier molecular flexibility index (Phi) is 3.80. The maximum absolute atomic E-state index is 11.7. The lowest BCUT2D eigenvalue weighted by molar-refractivity contribution is -0.385. The van der Waals surface area contributed by atoms with Crippen molar-refractivity contribution in [2.45, 2.75) is 39.3 Å². The van der Waals surface area contributed by atoms with Crippen LogP contribution in [-0.2, 0) is 18.5 Å². The van der Waals surface area contributed by atoms with Gasteiger partial charge in [-0.2, -0.15) is 0 Å². The minimum Gasteiger partial charge on any atom is -0.346 e. The quantitative estimate of drug-likeness (QED) is 0.487. The number of pyridine rings is 1.